The van der Waals surface area contributed by atoms with Crippen LogP contribution in [0.4, 0.5) is 5.69 Å². The predicted octanol–water partition coefficient (Wildman–Crippen LogP) is 4.39. The molecule has 6 nitrogen and oxygen atoms in total. The maximum absolute atomic E-state index is 12.4. The number of fused-ring (bicyclic) bond motifs is 1. The Morgan fingerprint density at radius 3 is 2.81 bits per heavy atom. The van der Waals surface area contributed by atoms with E-state index in [4.69, 9.17) is 23.2 Å². The number of carbonyl (C=O) groups excluding carboxylic acids is 2. The third kappa shape index (κ3) is 3.85. The van der Waals surface area contributed by atoms with Crippen molar-refractivity contribution >= 4 is 67.5 Å². The average molecular weight is 456 g/mol. The van der Waals surface area contributed by atoms with Crippen LogP contribution in [0.2, 0.25) is 10.0 Å². The van der Waals surface area contributed by atoms with Crippen LogP contribution < -0.4 is 10.6 Å². The standard InChI is InChI=1S/C17H13BrCl2N4O2/c1-8(22-17(26)10-3-2-4-13(19)15(10)20)16(25)23-9-5-12(18)11-7-21-24-14(11)6-9/h2-8H,1H3,(H,21,24)(H,22,26)(H,23,25). The van der Waals surface area contributed by atoms with Crippen molar-refractivity contribution in [3.05, 3.63) is 56.6 Å². The molecule has 3 N–H and O–H groups in total. The summed E-state index contributed by atoms with van der Waals surface area (Å²) in [6.45, 7) is 1.58. The largest absolute Gasteiger partial charge is 0.340 e. The normalized spacial score (nSPS) is 12.0. The minimum Gasteiger partial charge on any atom is -0.340 e. The molecule has 0 aliphatic heterocycles. The summed E-state index contributed by atoms with van der Waals surface area (Å²) in [6.07, 6.45) is 1.68. The van der Waals surface area contributed by atoms with Crippen molar-refractivity contribution < 1.29 is 9.59 Å². The van der Waals surface area contributed by atoms with Gasteiger partial charge in [-0.3, -0.25) is 14.7 Å². The smallest absolute Gasteiger partial charge is 0.253 e. The van der Waals surface area contributed by atoms with E-state index in [-0.39, 0.29) is 21.5 Å². The minimum absolute atomic E-state index is 0.146. The Labute approximate surface area is 167 Å². The number of benzene rings is 2. The van der Waals surface area contributed by atoms with Gasteiger partial charge >= 0.3 is 0 Å². The van der Waals surface area contributed by atoms with Crippen LogP contribution in [0.3, 0.4) is 0 Å². The number of nitrogens with zero attached hydrogens (tertiary/aromatic N) is 1. The van der Waals surface area contributed by atoms with Gasteiger partial charge in [0.15, 0.2) is 0 Å². The quantitative estimate of drug-likeness (QED) is 0.545. The first kappa shape index (κ1) is 18.7. The lowest BCUT2D eigenvalue weighted by atomic mass is 10.2. The maximum atomic E-state index is 12.4. The zero-order chi connectivity index (χ0) is 18.8. The first-order valence-corrected chi connectivity index (χ1v) is 9.10. The Bertz CT molecular complexity index is 1010. The Hall–Kier alpha value is -2.09. The van der Waals surface area contributed by atoms with Gasteiger partial charge in [0.25, 0.3) is 5.91 Å². The molecule has 0 aliphatic rings. The molecule has 0 aliphatic carbocycles. The molecule has 1 unspecified atom stereocenters. The monoisotopic (exact) mass is 454 g/mol. The van der Waals surface area contributed by atoms with Crippen LogP contribution in [0.25, 0.3) is 10.9 Å². The second kappa shape index (κ2) is 7.65. The number of H-pyrrole nitrogens is 1. The van der Waals surface area contributed by atoms with E-state index in [1.54, 1.807) is 37.4 Å². The second-order valence-electron chi connectivity index (χ2n) is 5.58. The third-order valence-electron chi connectivity index (χ3n) is 3.71. The highest BCUT2D eigenvalue weighted by Crippen LogP contribution is 2.27. The van der Waals surface area contributed by atoms with Gasteiger partial charge in [0.2, 0.25) is 5.91 Å². The number of hydrogen-bond acceptors (Lipinski definition) is 3. The fraction of sp³-hybridized carbons (Fsp3) is 0.118. The molecular weight excluding hydrogens is 443 g/mol. The van der Waals surface area contributed by atoms with Gasteiger partial charge in [-0.05, 0) is 47.1 Å². The third-order valence-corrected chi connectivity index (χ3v) is 5.19. The number of nitrogens with one attached hydrogen (secondary N) is 3. The zero-order valence-electron chi connectivity index (χ0n) is 13.4. The van der Waals surface area contributed by atoms with E-state index in [0.29, 0.717) is 5.69 Å². The van der Waals surface area contributed by atoms with Crippen LogP contribution in [0, 0.1) is 0 Å². The number of aromatic amines is 1. The van der Waals surface area contributed by atoms with Crippen LogP contribution >= 0.6 is 39.1 Å². The average Bonchev–Trinajstić information content (AvgIpc) is 3.06. The highest BCUT2D eigenvalue weighted by molar-refractivity contribution is 9.10. The predicted molar refractivity (Wildman–Crippen MR) is 106 cm³/mol. The van der Waals surface area contributed by atoms with Gasteiger partial charge < -0.3 is 10.6 Å². The molecule has 9 heteroatoms. The molecule has 0 bridgehead atoms. The Morgan fingerprint density at radius 2 is 2.04 bits per heavy atom. The van der Waals surface area contributed by atoms with Crippen LogP contribution in [0.15, 0.2) is 41.0 Å². The van der Waals surface area contributed by atoms with Gasteiger partial charge in [0.05, 0.1) is 27.3 Å². The summed E-state index contributed by atoms with van der Waals surface area (Å²) in [5.41, 5.74) is 1.55. The molecule has 0 saturated heterocycles. The summed E-state index contributed by atoms with van der Waals surface area (Å²) < 4.78 is 0.793. The molecular formula is C17H13BrCl2N4O2. The van der Waals surface area contributed by atoms with Crippen molar-refractivity contribution in [2.75, 3.05) is 5.32 Å². The van der Waals surface area contributed by atoms with E-state index in [0.717, 1.165) is 15.4 Å². The first-order chi connectivity index (χ1) is 12.4. The van der Waals surface area contributed by atoms with Gasteiger partial charge in [-0.25, -0.2) is 0 Å². The lowest BCUT2D eigenvalue weighted by Crippen LogP contribution is -2.41. The number of anilines is 1. The second-order valence-corrected chi connectivity index (χ2v) is 7.21. The van der Waals surface area contributed by atoms with E-state index in [1.807, 2.05) is 0 Å². The van der Waals surface area contributed by atoms with Gasteiger partial charge in [-0.1, -0.05) is 29.3 Å². The van der Waals surface area contributed by atoms with Crippen molar-refractivity contribution in [3.8, 4) is 0 Å². The van der Waals surface area contributed by atoms with Crippen LogP contribution in [-0.2, 0) is 4.79 Å². The molecule has 2 aromatic carbocycles. The zero-order valence-corrected chi connectivity index (χ0v) is 16.5. The lowest BCUT2D eigenvalue weighted by molar-refractivity contribution is -0.117. The summed E-state index contributed by atoms with van der Waals surface area (Å²) in [4.78, 5) is 24.7. The molecule has 0 spiro atoms. The number of carbonyl (C=O) groups is 2. The van der Waals surface area contributed by atoms with Crippen molar-refractivity contribution in [2.24, 2.45) is 0 Å². The van der Waals surface area contributed by atoms with Crippen LogP contribution in [0.1, 0.15) is 17.3 Å². The van der Waals surface area contributed by atoms with Gasteiger partial charge in [-0.15, -0.1) is 0 Å². The van der Waals surface area contributed by atoms with E-state index < -0.39 is 11.9 Å². The van der Waals surface area contributed by atoms with Crippen molar-refractivity contribution in [2.45, 2.75) is 13.0 Å². The fourth-order valence-electron chi connectivity index (χ4n) is 2.35. The summed E-state index contributed by atoms with van der Waals surface area (Å²) in [6, 6.07) is 7.47. The SMILES string of the molecule is CC(NC(=O)c1cccc(Cl)c1Cl)C(=O)Nc1cc(Br)c2cn[nH]c2c1. The summed E-state index contributed by atoms with van der Waals surface area (Å²) >= 11 is 15.4. The van der Waals surface area contributed by atoms with Crippen molar-refractivity contribution in [3.63, 3.8) is 0 Å². The molecule has 1 heterocycles. The van der Waals surface area contributed by atoms with E-state index in [2.05, 4.69) is 36.8 Å². The molecule has 26 heavy (non-hydrogen) atoms. The molecule has 0 saturated carbocycles. The van der Waals surface area contributed by atoms with Crippen molar-refractivity contribution in [1.82, 2.24) is 15.5 Å². The fourth-order valence-corrected chi connectivity index (χ4v) is 3.30. The first-order valence-electron chi connectivity index (χ1n) is 7.55. The van der Waals surface area contributed by atoms with Gasteiger partial charge in [-0.2, -0.15) is 5.10 Å². The molecule has 2 amide bonds. The number of rotatable bonds is 4. The Balaban J connectivity index is 1.71. The lowest BCUT2D eigenvalue weighted by Gasteiger charge is -2.15. The van der Waals surface area contributed by atoms with E-state index in [1.165, 1.54) is 6.07 Å². The number of amides is 2. The van der Waals surface area contributed by atoms with Gasteiger partial charge in [0, 0.05) is 15.5 Å². The topological polar surface area (TPSA) is 86.9 Å². The van der Waals surface area contributed by atoms with Gasteiger partial charge in [0.1, 0.15) is 6.04 Å². The minimum atomic E-state index is -0.784. The van der Waals surface area contributed by atoms with E-state index >= 15 is 0 Å². The Morgan fingerprint density at radius 1 is 1.27 bits per heavy atom. The van der Waals surface area contributed by atoms with E-state index in [9.17, 15) is 9.59 Å². The summed E-state index contributed by atoms with van der Waals surface area (Å²) in [5.74, 6) is -0.854. The molecule has 3 aromatic rings. The van der Waals surface area contributed by atoms with Crippen LogP contribution in [-0.4, -0.2) is 28.1 Å². The maximum Gasteiger partial charge on any atom is 0.253 e. The number of hydrogen-bond donors (Lipinski definition) is 3. The Kier molecular flexibility index (Phi) is 5.50. The van der Waals surface area contributed by atoms with Crippen molar-refractivity contribution in [1.29, 1.82) is 0 Å². The van der Waals surface area contributed by atoms with Crippen LogP contribution in [0.5, 0.6) is 0 Å². The molecule has 0 radical (unpaired) electrons. The number of halogens is 3. The molecule has 1 atom stereocenters. The summed E-state index contributed by atoms with van der Waals surface area (Å²) in [7, 11) is 0. The molecule has 134 valence electrons. The molecule has 3 rings (SSSR count). The highest BCUT2D eigenvalue weighted by atomic mass is 79.9. The summed E-state index contributed by atoms with van der Waals surface area (Å²) in [5, 5.41) is 13.5. The molecule has 0 fully saturated rings. The number of aromatic nitrogens is 2. The molecule has 1 aromatic heterocycles. The highest BCUT2D eigenvalue weighted by Gasteiger charge is 2.19.